The first kappa shape index (κ1) is 20.3. The summed E-state index contributed by atoms with van der Waals surface area (Å²) in [7, 11) is -3.42. The molecular weight excluding hydrogens is 444 g/mol. The second-order valence-electron chi connectivity index (χ2n) is 7.28. The van der Waals surface area contributed by atoms with E-state index in [2.05, 4.69) is 39.0 Å². The average Bonchev–Trinajstić information content (AvgIpc) is 3.27. The van der Waals surface area contributed by atoms with Gasteiger partial charge in [-0.1, -0.05) is 54.6 Å². The van der Waals surface area contributed by atoms with E-state index in [1.807, 2.05) is 35.7 Å². The van der Waals surface area contributed by atoms with Crippen molar-refractivity contribution in [3.05, 3.63) is 83.9 Å². The zero-order valence-corrected chi connectivity index (χ0v) is 18.4. The number of thiazole rings is 1. The van der Waals surface area contributed by atoms with Crippen molar-refractivity contribution in [2.24, 2.45) is 4.40 Å². The van der Waals surface area contributed by atoms with E-state index in [4.69, 9.17) is 0 Å². The number of aromatic nitrogens is 1. The lowest BCUT2D eigenvalue weighted by Gasteiger charge is -2.26. The highest BCUT2D eigenvalue weighted by molar-refractivity contribution is 7.90. The number of hydrogen-bond donors (Lipinski definition) is 1. The van der Waals surface area contributed by atoms with E-state index in [1.165, 1.54) is 17.4 Å². The molecule has 1 aromatic heterocycles. The molecule has 2 aromatic carbocycles. The minimum Gasteiger partial charge on any atom is -0.330 e. The molecule has 1 N–H and O–H groups in total. The molecule has 0 bridgehead atoms. The van der Waals surface area contributed by atoms with Gasteiger partial charge in [0.15, 0.2) is 5.13 Å². The van der Waals surface area contributed by atoms with Crippen LogP contribution in [0.5, 0.6) is 0 Å². The van der Waals surface area contributed by atoms with Crippen molar-refractivity contribution < 1.29 is 13.2 Å². The van der Waals surface area contributed by atoms with Gasteiger partial charge in [0.05, 0.1) is 17.0 Å². The predicted octanol–water partition coefficient (Wildman–Crippen LogP) is 3.91. The standard InChI is InChI=1S/C23H18N4O3S2/c28-22(19-10-11-21-26-32(29,30)13-12-27(21)14-19)25-23-24-20(15-31-23)18-8-6-17(7-9-18)16-4-2-1-3-5-16/h1-11,14-15H,12-13H2,(H,24,25,28). The van der Waals surface area contributed by atoms with Crippen LogP contribution in [0.3, 0.4) is 0 Å². The van der Waals surface area contributed by atoms with Gasteiger partial charge in [0.2, 0.25) is 0 Å². The van der Waals surface area contributed by atoms with E-state index >= 15 is 0 Å². The third-order valence-electron chi connectivity index (χ3n) is 5.10. The van der Waals surface area contributed by atoms with Crippen molar-refractivity contribution in [3.63, 3.8) is 0 Å². The fourth-order valence-electron chi connectivity index (χ4n) is 3.43. The van der Waals surface area contributed by atoms with Crippen LogP contribution in [-0.2, 0) is 14.8 Å². The number of carbonyl (C=O) groups excluding carboxylic acids is 1. The van der Waals surface area contributed by atoms with E-state index in [0.717, 1.165) is 22.4 Å². The molecule has 9 heteroatoms. The maximum atomic E-state index is 12.7. The molecule has 0 radical (unpaired) electrons. The number of amides is 1. The van der Waals surface area contributed by atoms with Crippen molar-refractivity contribution in [2.75, 3.05) is 17.6 Å². The molecular formula is C23H18N4O3S2. The average molecular weight is 463 g/mol. The van der Waals surface area contributed by atoms with Crippen LogP contribution < -0.4 is 5.32 Å². The number of rotatable bonds is 4. The molecule has 0 spiro atoms. The van der Waals surface area contributed by atoms with E-state index < -0.39 is 10.0 Å². The molecule has 5 rings (SSSR count). The normalized spacial score (nSPS) is 16.7. The van der Waals surface area contributed by atoms with Crippen molar-refractivity contribution in [1.29, 1.82) is 0 Å². The lowest BCUT2D eigenvalue weighted by Crippen LogP contribution is -2.37. The van der Waals surface area contributed by atoms with Crippen LogP contribution in [-0.4, -0.2) is 42.3 Å². The molecule has 3 aromatic rings. The van der Waals surface area contributed by atoms with Crippen LogP contribution in [0.2, 0.25) is 0 Å². The Bertz CT molecular complexity index is 1370. The summed E-state index contributed by atoms with van der Waals surface area (Å²) in [5.74, 6) is -0.0633. The SMILES string of the molecule is O=C(Nc1nc(-c2ccc(-c3ccccc3)cc2)cs1)C1=CN2CCS(=O)(=O)N=C2C=C1. The zero-order valence-electron chi connectivity index (χ0n) is 16.8. The molecule has 3 heterocycles. The van der Waals surface area contributed by atoms with Gasteiger partial charge in [-0.25, -0.2) is 13.4 Å². The molecule has 2 aliphatic heterocycles. The highest BCUT2D eigenvalue weighted by Gasteiger charge is 2.25. The Kier molecular flexibility index (Phi) is 5.20. The van der Waals surface area contributed by atoms with E-state index in [1.54, 1.807) is 17.2 Å². The Morgan fingerprint density at radius 2 is 1.69 bits per heavy atom. The van der Waals surface area contributed by atoms with Crippen LogP contribution in [0.25, 0.3) is 22.4 Å². The first-order valence-electron chi connectivity index (χ1n) is 9.89. The zero-order chi connectivity index (χ0) is 22.1. The summed E-state index contributed by atoms with van der Waals surface area (Å²) in [6.07, 6.45) is 4.70. The number of carbonyl (C=O) groups is 1. The number of anilines is 1. The quantitative estimate of drug-likeness (QED) is 0.635. The Morgan fingerprint density at radius 1 is 0.969 bits per heavy atom. The Morgan fingerprint density at radius 3 is 2.47 bits per heavy atom. The Hall–Kier alpha value is -3.56. The molecule has 0 aliphatic carbocycles. The number of nitrogens with one attached hydrogen (secondary N) is 1. The number of fused-ring (bicyclic) bond motifs is 1. The van der Waals surface area contributed by atoms with E-state index in [0.29, 0.717) is 16.5 Å². The summed E-state index contributed by atoms with van der Waals surface area (Å²) in [6, 6.07) is 18.3. The first-order valence-corrected chi connectivity index (χ1v) is 12.4. The van der Waals surface area contributed by atoms with Crippen LogP contribution >= 0.6 is 11.3 Å². The summed E-state index contributed by atoms with van der Waals surface area (Å²) in [5, 5.41) is 5.21. The lowest BCUT2D eigenvalue weighted by molar-refractivity contribution is -0.112. The van der Waals surface area contributed by atoms with E-state index in [-0.39, 0.29) is 18.2 Å². The van der Waals surface area contributed by atoms with Gasteiger partial charge in [-0.2, -0.15) is 0 Å². The molecule has 2 aliphatic rings. The highest BCUT2D eigenvalue weighted by Crippen LogP contribution is 2.28. The predicted molar refractivity (Wildman–Crippen MR) is 127 cm³/mol. The third kappa shape index (κ3) is 4.25. The number of benzene rings is 2. The third-order valence-corrected chi connectivity index (χ3v) is 7.02. The minimum absolute atomic E-state index is 0.0748. The van der Waals surface area contributed by atoms with Gasteiger partial charge in [0.25, 0.3) is 15.9 Å². The fourth-order valence-corrected chi connectivity index (χ4v) is 5.12. The van der Waals surface area contributed by atoms with Crippen molar-refractivity contribution in [3.8, 4) is 22.4 Å². The van der Waals surface area contributed by atoms with Crippen LogP contribution in [0.4, 0.5) is 5.13 Å². The molecule has 0 saturated heterocycles. The smallest absolute Gasteiger partial charge is 0.258 e. The second kappa shape index (κ2) is 8.18. The van der Waals surface area contributed by atoms with Gasteiger partial charge in [-0.05, 0) is 23.3 Å². The maximum absolute atomic E-state index is 12.7. The molecule has 0 unspecified atom stereocenters. The van der Waals surface area contributed by atoms with Gasteiger partial charge < -0.3 is 4.90 Å². The summed E-state index contributed by atoms with van der Waals surface area (Å²) >= 11 is 1.35. The summed E-state index contributed by atoms with van der Waals surface area (Å²) in [5.41, 5.74) is 4.44. The summed E-state index contributed by atoms with van der Waals surface area (Å²) in [4.78, 5) is 18.9. The molecule has 160 valence electrons. The first-order chi connectivity index (χ1) is 15.5. The Balaban J connectivity index is 1.28. The van der Waals surface area contributed by atoms with Gasteiger partial charge in [-0.15, -0.1) is 15.7 Å². The van der Waals surface area contributed by atoms with Crippen LogP contribution in [0.1, 0.15) is 0 Å². The molecule has 0 saturated carbocycles. The summed E-state index contributed by atoms with van der Waals surface area (Å²) < 4.78 is 27.0. The summed E-state index contributed by atoms with van der Waals surface area (Å²) in [6.45, 7) is 0.267. The second-order valence-corrected chi connectivity index (χ2v) is 9.89. The lowest BCUT2D eigenvalue weighted by atomic mass is 10.0. The van der Waals surface area contributed by atoms with Crippen LogP contribution in [0, 0.1) is 0 Å². The maximum Gasteiger partial charge on any atom is 0.258 e. The Labute approximate surface area is 189 Å². The fraction of sp³-hybridized carbons (Fsp3) is 0.0870. The van der Waals surface area contributed by atoms with Crippen molar-refractivity contribution >= 4 is 38.2 Å². The molecule has 7 nitrogen and oxygen atoms in total. The van der Waals surface area contributed by atoms with Gasteiger partial charge in [-0.3, -0.25) is 10.1 Å². The van der Waals surface area contributed by atoms with Gasteiger partial charge in [0, 0.05) is 23.7 Å². The van der Waals surface area contributed by atoms with Gasteiger partial charge in [0.1, 0.15) is 5.84 Å². The topological polar surface area (TPSA) is 91.7 Å². The number of amidine groups is 1. The molecule has 0 fully saturated rings. The monoisotopic (exact) mass is 462 g/mol. The van der Waals surface area contributed by atoms with Crippen LogP contribution in [0.15, 0.2) is 88.3 Å². The number of hydrogen-bond acceptors (Lipinski definition) is 6. The van der Waals surface area contributed by atoms with Crippen molar-refractivity contribution in [2.45, 2.75) is 0 Å². The van der Waals surface area contributed by atoms with Gasteiger partial charge >= 0.3 is 0 Å². The largest absolute Gasteiger partial charge is 0.330 e. The van der Waals surface area contributed by atoms with E-state index in [9.17, 15) is 13.2 Å². The molecule has 0 atom stereocenters. The highest BCUT2D eigenvalue weighted by atomic mass is 32.2. The molecule has 1 amide bonds. The molecule has 32 heavy (non-hydrogen) atoms. The number of sulfonamides is 1. The van der Waals surface area contributed by atoms with Crippen molar-refractivity contribution in [1.82, 2.24) is 9.88 Å². The minimum atomic E-state index is -3.42. The number of nitrogens with zero attached hydrogens (tertiary/aromatic N) is 3.